The van der Waals surface area contributed by atoms with Crippen LogP contribution in [-0.4, -0.2) is 28.9 Å². The summed E-state index contributed by atoms with van der Waals surface area (Å²) >= 11 is 3.29. The highest BCUT2D eigenvalue weighted by Crippen LogP contribution is 2.22. The van der Waals surface area contributed by atoms with Crippen molar-refractivity contribution in [1.82, 2.24) is 9.88 Å². The third-order valence-corrected chi connectivity index (χ3v) is 3.68. The van der Waals surface area contributed by atoms with Crippen molar-refractivity contribution in [3.8, 4) is 0 Å². The topological polar surface area (TPSA) is 33.2 Å². The quantitative estimate of drug-likeness (QED) is 0.803. The lowest BCUT2D eigenvalue weighted by molar-refractivity contribution is 0.0786. The van der Waals surface area contributed by atoms with Crippen LogP contribution in [0.1, 0.15) is 36.5 Å². The van der Waals surface area contributed by atoms with Gasteiger partial charge in [-0.1, -0.05) is 13.3 Å². The Kier molecular flexibility index (Phi) is 4.15. The fourth-order valence-electron chi connectivity index (χ4n) is 2.38. The zero-order chi connectivity index (χ0) is 12.3. The van der Waals surface area contributed by atoms with E-state index in [-0.39, 0.29) is 5.91 Å². The molecule has 1 aliphatic rings. The first kappa shape index (κ1) is 12.6. The zero-order valence-corrected chi connectivity index (χ0v) is 11.6. The van der Waals surface area contributed by atoms with Crippen LogP contribution in [0.2, 0.25) is 0 Å². The standard InChI is InChI=1S/C13H17BrN2O/c1-2-3-10-5-7-16(9-10)13(17)11-4-6-15-12(14)8-11/h4,6,8,10H,2-3,5,7,9H2,1H3. The SMILES string of the molecule is CCCC1CCN(C(=O)c2ccnc(Br)c2)C1. The molecule has 0 radical (unpaired) electrons. The molecule has 0 aromatic carbocycles. The number of hydrogen-bond acceptors (Lipinski definition) is 2. The van der Waals surface area contributed by atoms with Crippen LogP contribution in [0.15, 0.2) is 22.9 Å². The lowest BCUT2D eigenvalue weighted by atomic mass is 10.0. The Morgan fingerprint density at radius 3 is 3.18 bits per heavy atom. The van der Waals surface area contributed by atoms with Crippen molar-refractivity contribution in [2.75, 3.05) is 13.1 Å². The first-order valence-electron chi connectivity index (χ1n) is 6.11. The third kappa shape index (κ3) is 3.06. The fraction of sp³-hybridized carbons (Fsp3) is 0.538. The van der Waals surface area contributed by atoms with E-state index in [4.69, 9.17) is 0 Å². The van der Waals surface area contributed by atoms with Gasteiger partial charge in [0.15, 0.2) is 0 Å². The number of pyridine rings is 1. The fourth-order valence-corrected chi connectivity index (χ4v) is 2.74. The summed E-state index contributed by atoms with van der Waals surface area (Å²) in [5.41, 5.74) is 0.726. The number of carbonyl (C=O) groups excluding carboxylic acids is 1. The third-order valence-electron chi connectivity index (χ3n) is 3.24. The number of nitrogens with zero attached hydrogens (tertiary/aromatic N) is 2. The Bertz CT molecular complexity index is 408. The molecule has 2 heterocycles. The number of aromatic nitrogens is 1. The maximum atomic E-state index is 12.2. The predicted molar refractivity (Wildman–Crippen MR) is 70.9 cm³/mol. The molecule has 1 amide bonds. The Hall–Kier alpha value is -0.900. The minimum atomic E-state index is 0.131. The molecule has 92 valence electrons. The highest BCUT2D eigenvalue weighted by molar-refractivity contribution is 9.10. The van der Waals surface area contributed by atoms with Gasteiger partial charge in [0.25, 0.3) is 5.91 Å². The van der Waals surface area contributed by atoms with Gasteiger partial charge in [0.05, 0.1) is 0 Å². The molecule has 0 spiro atoms. The molecule has 0 bridgehead atoms. The van der Waals surface area contributed by atoms with E-state index in [1.165, 1.54) is 12.8 Å². The van der Waals surface area contributed by atoms with E-state index in [9.17, 15) is 4.79 Å². The van der Waals surface area contributed by atoms with Gasteiger partial charge >= 0.3 is 0 Å². The minimum Gasteiger partial charge on any atom is -0.338 e. The number of likely N-dealkylation sites (tertiary alicyclic amines) is 1. The summed E-state index contributed by atoms with van der Waals surface area (Å²) in [6.45, 7) is 4.00. The molecule has 1 aromatic rings. The summed E-state index contributed by atoms with van der Waals surface area (Å²) in [5.74, 6) is 0.820. The Morgan fingerprint density at radius 1 is 1.65 bits per heavy atom. The van der Waals surface area contributed by atoms with Crippen LogP contribution in [0.25, 0.3) is 0 Å². The van der Waals surface area contributed by atoms with E-state index in [0.29, 0.717) is 10.5 Å². The van der Waals surface area contributed by atoms with Crippen LogP contribution < -0.4 is 0 Å². The molecule has 0 saturated carbocycles. The highest BCUT2D eigenvalue weighted by Gasteiger charge is 2.26. The molecule has 0 N–H and O–H groups in total. The van der Waals surface area contributed by atoms with Crippen molar-refractivity contribution in [2.45, 2.75) is 26.2 Å². The molecule has 17 heavy (non-hydrogen) atoms. The summed E-state index contributed by atoms with van der Waals surface area (Å²) in [6.07, 6.45) is 5.24. The lowest BCUT2D eigenvalue weighted by Gasteiger charge is -2.16. The minimum absolute atomic E-state index is 0.131. The number of carbonyl (C=O) groups is 1. The molecule has 1 atom stereocenters. The van der Waals surface area contributed by atoms with Gasteiger partial charge in [0.2, 0.25) is 0 Å². The first-order valence-corrected chi connectivity index (χ1v) is 6.91. The van der Waals surface area contributed by atoms with Crippen molar-refractivity contribution < 1.29 is 4.79 Å². The van der Waals surface area contributed by atoms with E-state index >= 15 is 0 Å². The van der Waals surface area contributed by atoms with Gasteiger partial charge in [0.1, 0.15) is 4.60 Å². The molecule has 1 aliphatic heterocycles. The Morgan fingerprint density at radius 2 is 2.47 bits per heavy atom. The molecule has 1 saturated heterocycles. The summed E-state index contributed by atoms with van der Waals surface area (Å²) < 4.78 is 0.715. The second kappa shape index (κ2) is 5.63. The van der Waals surface area contributed by atoms with Crippen molar-refractivity contribution in [3.63, 3.8) is 0 Å². The maximum absolute atomic E-state index is 12.2. The van der Waals surface area contributed by atoms with Crippen molar-refractivity contribution in [2.24, 2.45) is 5.92 Å². The molecule has 1 unspecified atom stereocenters. The van der Waals surface area contributed by atoms with E-state index in [2.05, 4.69) is 27.8 Å². The highest BCUT2D eigenvalue weighted by atomic mass is 79.9. The molecule has 2 rings (SSSR count). The average Bonchev–Trinajstić information content (AvgIpc) is 2.77. The molecule has 3 nitrogen and oxygen atoms in total. The van der Waals surface area contributed by atoms with Crippen LogP contribution in [0, 0.1) is 5.92 Å². The lowest BCUT2D eigenvalue weighted by Crippen LogP contribution is -2.28. The van der Waals surface area contributed by atoms with Crippen molar-refractivity contribution in [3.05, 3.63) is 28.5 Å². The van der Waals surface area contributed by atoms with Gasteiger partial charge in [-0.05, 0) is 46.8 Å². The van der Waals surface area contributed by atoms with Gasteiger partial charge in [-0.2, -0.15) is 0 Å². The maximum Gasteiger partial charge on any atom is 0.254 e. The molecule has 0 aliphatic carbocycles. The van der Waals surface area contributed by atoms with Crippen LogP contribution in [0.4, 0.5) is 0 Å². The van der Waals surface area contributed by atoms with E-state index in [0.717, 1.165) is 25.1 Å². The predicted octanol–water partition coefficient (Wildman–Crippen LogP) is 3.11. The van der Waals surface area contributed by atoms with Crippen molar-refractivity contribution >= 4 is 21.8 Å². The summed E-state index contributed by atoms with van der Waals surface area (Å²) in [4.78, 5) is 18.2. The van der Waals surface area contributed by atoms with Gasteiger partial charge in [-0.25, -0.2) is 4.98 Å². The molecule has 4 heteroatoms. The Labute approximate surface area is 110 Å². The molecule has 1 fully saturated rings. The van der Waals surface area contributed by atoms with Gasteiger partial charge in [-0.15, -0.1) is 0 Å². The van der Waals surface area contributed by atoms with Crippen LogP contribution in [0.3, 0.4) is 0 Å². The van der Waals surface area contributed by atoms with E-state index in [1.807, 2.05) is 4.90 Å². The number of rotatable bonds is 3. The molecular formula is C13H17BrN2O. The number of halogens is 1. The number of hydrogen-bond donors (Lipinski definition) is 0. The normalized spacial score (nSPS) is 19.6. The summed E-state index contributed by atoms with van der Waals surface area (Å²) in [7, 11) is 0. The molecule has 1 aromatic heterocycles. The van der Waals surface area contributed by atoms with Crippen LogP contribution in [0.5, 0.6) is 0 Å². The number of amides is 1. The van der Waals surface area contributed by atoms with Gasteiger partial charge in [-0.3, -0.25) is 4.79 Å². The van der Waals surface area contributed by atoms with Gasteiger partial charge in [0, 0.05) is 24.8 Å². The Balaban J connectivity index is 2.02. The van der Waals surface area contributed by atoms with E-state index < -0.39 is 0 Å². The second-order valence-corrected chi connectivity index (χ2v) is 5.37. The smallest absolute Gasteiger partial charge is 0.254 e. The average molecular weight is 297 g/mol. The zero-order valence-electron chi connectivity index (χ0n) is 10.0. The summed E-state index contributed by atoms with van der Waals surface area (Å²) in [5, 5.41) is 0. The van der Waals surface area contributed by atoms with Crippen molar-refractivity contribution in [1.29, 1.82) is 0 Å². The second-order valence-electron chi connectivity index (χ2n) is 4.56. The first-order chi connectivity index (χ1) is 8.20. The van der Waals surface area contributed by atoms with Crippen LogP contribution >= 0.6 is 15.9 Å². The van der Waals surface area contributed by atoms with E-state index in [1.54, 1.807) is 18.3 Å². The monoisotopic (exact) mass is 296 g/mol. The summed E-state index contributed by atoms with van der Waals surface area (Å²) in [6, 6.07) is 3.57. The largest absolute Gasteiger partial charge is 0.338 e. The van der Waals surface area contributed by atoms with Gasteiger partial charge < -0.3 is 4.90 Å². The molecular weight excluding hydrogens is 280 g/mol. The van der Waals surface area contributed by atoms with Crippen LogP contribution in [-0.2, 0) is 0 Å².